The third-order valence-electron chi connectivity index (χ3n) is 6.43. The van der Waals surface area contributed by atoms with E-state index in [1.165, 1.54) is 42.5 Å². The molecule has 3 aromatic carbocycles. The van der Waals surface area contributed by atoms with Gasteiger partial charge in [0.1, 0.15) is 16.4 Å². The fourth-order valence-corrected chi connectivity index (χ4v) is 6.44. The van der Waals surface area contributed by atoms with Crippen LogP contribution in [0.25, 0.3) is 11.1 Å². The molecule has 1 aliphatic heterocycles. The van der Waals surface area contributed by atoms with E-state index in [9.17, 15) is 8.42 Å². The fraction of sp³-hybridized carbons (Fsp3) is 0.280. The highest BCUT2D eigenvalue weighted by Crippen LogP contribution is 2.46. The topological polar surface area (TPSA) is 59.1 Å². The van der Waals surface area contributed by atoms with Crippen molar-refractivity contribution in [1.82, 2.24) is 9.21 Å². The zero-order valence-corrected chi connectivity index (χ0v) is 19.0. The lowest BCUT2D eigenvalue weighted by atomic mass is 10.0. The lowest BCUT2D eigenvalue weighted by Crippen LogP contribution is -2.49. The minimum absolute atomic E-state index is 0.143. The first-order valence-electron chi connectivity index (χ1n) is 10.7. The Bertz CT molecular complexity index is 1200. The second kappa shape index (κ2) is 8.24. The second-order valence-corrected chi connectivity index (χ2v) is 9.94. The van der Waals surface area contributed by atoms with Crippen molar-refractivity contribution in [2.75, 3.05) is 40.4 Å². The van der Waals surface area contributed by atoms with Gasteiger partial charge in [-0.1, -0.05) is 48.5 Å². The molecule has 5 rings (SSSR count). The molecule has 0 aromatic heterocycles. The molecule has 7 heteroatoms. The van der Waals surface area contributed by atoms with E-state index in [0.29, 0.717) is 37.7 Å². The van der Waals surface area contributed by atoms with Gasteiger partial charge in [-0.2, -0.15) is 4.31 Å². The fourth-order valence-electron chi connectivity index (χ4n) is 4.85. The molecule has 0 N–H and O–H groups in total. The smallest absolute Gasteiger partial charge is 0.246 e. The predicted molar refractivity (Wildman–Crippen MR) is 124 cm³/mol. The number of hydrogen-bond donors (Lipinski definition) is 0. The summed E-state index contributed by atoms with van der Waals surface area (Å²) in [5.41, 5.74) is 5.12. The van der Waals surface area contributed by atoms with Crippen LogP contribution in [0, 0.1) is 0 Å². The quantitative estimate of drug-likeness (QED) is 0.592. The van der Waals surface area contributed by atoms with Crippen molar-refractivity contribution in [2.45, 2.75) is 10.9 Å². The van der Waals surface area contributed by atoms with Crippen LogP contribution in [0.3, 0.4) is 0 Å². The van der Waals surface area contributed by atoms with Crippen LogP contribution < -0.4 is 9.47 Å². The molecule has 0 bridgehead atoms. The molecule has 6 nitrogen and oxygen atoms in total. The molecule has 1 heterocycles. The summed E-state index contributed by atoms with van der Waals surface area (Å²) in [5.74, 6) is 0.814. The molecule has 0 saturated carbocycles. The number of hydrogen-bond acceptors (Lipinski definition) is 5. The third-order valence-corrected chi connectivity index (χ3v) is 8.35. The zero-order chi connectivity index (χ0) is 22.3. The molecule has 1 fully saturated rings. The van der Waals surface area contributed by atoms with Gasteiger partial charge in [-0.3, -0.25) is 4.90 Å². The van der Waals surface area contributed by atoms with E-state index >= 15 is 0 Å². The lowest BCUT2D eigenvalue weighted by molar-refractivity contribution is 0.157. The van der Waals surface area contributed by atoms with Crippen LogP contribution in [0.5, 0.6) is 11.5 Å². The summed E-state index contributed by atoms with van der Waals surface area (Å²) in [5, 5.41) is 0. The maximum Gasteiger partial charge on any atom is 0.246 e. The Morgan fingerprint density at radius 3 is 1.94 bits per heavy atom. The van der Waals surface area contributed by atoms with Gasteiger partial charge in [-0.25, -0.2) is 8.42 Å². The van der Waals surface area contributed by atoms with E-state index in [1.54, 1.807) is 16.4 Å². The zero-order valence-electron chi connectivity index (χ0n) is 18.2. The van der Waals surface area contributed by atoms with Crippen molar-refractivity contribution in [3.8, 4) is 22.6 Å². The first-order chi connectivity index (χ1) is 15.5. The van der Waals surface area contributed by atoms with Crippen LogP contribution in [0.1, 0.15) is 17.2 Å². The van der Waals surface area contributed by atoms with Crippen LogP contribution in [0.15, 0.2) is 71.6 Å². The lowest BCUT2D eigenvalue weighted by Gasteiger charge is -2.38. The van der Waals surface area contributed by atoms with E-state index in [-0.39, 0.29) is 10.9 Å². The van der Waals surface area contributed by atoms with Crippen LogP contribution >= 0.6 is 0 Å². The molecule has 0 atom stereocenters. The molecule has 3 aromatic rings. The van der Waals surface area contributed by atoms with Crippen molar-refractivity contribution in [3.05, 3.63) is 77.9 Å². The van der Waals surface area contributed by atoms with Crippen LogP contribution in [-0.2, 0) is 10.0 Å². The van der Waals surface area contributed by atoms with E-state index in [4.69, 9.17) is 9.47 Å². The maximum absolute atomic E-state index is 13.4. The molecule has 0 amide bonds. The first-order valence-corrected chi connectivity index (χ1v) is 12.1. The molecular weight excluding hydrogens is 424 g/mol. The highest BCUT2D eigenvalue weighted by atomic mass is 32.2. The summed E-state index contributed by atoms with van der Waals surface area (Å²) in [6.45, 7) is 2.14. The van der Waals surface area contributed by atoms with Crippen molar-refractivity contribution in [3.63, 3.8) is 0 Å². The van der Waals surface area contributed by atoms with Crippen molar-refractivity contribution in [2.24, 2.45) is 0 Å². The summed E-state index contributed by atoms with van der Waals surface area (Å²) in [4.78, 5) is 2.53. The van der Waals surface area contributed by atoms with Gasteiger partial charge in [-0.15, -0.1) is 0 Å². The maximum atomic E-state index is 13.4. The molecular formula is C25H26N2O4S. The van der Waals surface area contributed by atoms with Crippen molar-refractivity contribution in [1.29, 1.82) is 0 Å². The van der Waals surface area contributed by atoms with E-state index in [2.05, 4.69) is 53.4 Å². The molecule has 1 aliphatic carbocycles. The van der Waals surface area contributed by atoms with Crippen LogP contribution in [-0.4, -0.2) is 58.0 Å². The summed E-state index contributed by atoms with van der Waals surface area (Å²) >= 11 is 0. The van der Waals surface area contributed by atoms with Gasteiger partial charge in [0.2, 0.25) is 10.0 Å². The molecule has 1 saturated heterocycles. The van der Waals surface area contributed by atoms with Crippen molar-refractivity contribution < 1.29 is 17.9 Å². The summed E-state index contributed by atoms with van der Waals surface area (Å²) in [6.07, 6.45) is 0. The Hall–Kier alpha value is -2.87. The largest absolute Gasteiger partial charge is 0.497 e. The Balaban J connectivity index is 1.41. The monoisotopic (exact) mass is 450 g/mol. The second-order valence-electron chi connectivity index (χ2n) is 8.03. The number of sulfonamides is 1. The Labute approximate surface area is 189 Å². The number of rotatable bonds is 5. The van der Waals surface area contributed by atoms with E-state index in [0.717, 1.165) is 0 Å². The first kappa shape index (κ1) is 21.0. The minimum Gasteiger partial charge on any atom is -0.497 e. The number of piperazine rings is 1. The van der Waals surface area contributed by atoms with Crippen LogP contribution in [0.4, 0.5) is 0 Å². The highest BCUT2D eigenvalue weighted by molar-refractivity contribution is 7.89. The SMILES string of the molecule is COc1ccc(OC)c(S(=O)(=O)N2CCN(C3c4ccccc4-c4ccccc43)CC2)c1. The molecule has 32 heavy (non-hydrogen) atoms. The Kier molecular flexibility index (Phi) is 5.41. The number of ether oxygens (including phenoxy) is 2. The van der Waals surface area contributed by atoms with Gasteiger partial charge < -0.3 is 9.47 Å². The van der Waals surface area contributed by atoms with Crippen molar-refractivity contribution >= 4 is 10.0 Å². The van der Waals surface area contributed by atoms with Gasteiger partial charge in [0.05, 0.1) is 20.3 Å². The molecule has 2 aliphatic rings. The van der Waals surface area contributed by atoms with Gasteiger partial charge in [0.25, 0.3) is 0 Å². The Morgan fingerprint density at radius 2 is 1.38 bits per heavy atom. The van der Waals surface area contributed by atoms with Gasteiger partial charge in [0.15, 0.2) is 0 Å². The molecule has 0 radical (unpaired) electrons. The summed E-state index contributed by atoms with van der Waals surface area (Å²) < 4.78 is 39.0. The highest BCUT2D eigenvalue weighted by Gasteiger charge is 2.37. The average Bonchev–Trinajstić information content (AvgIpc) is 3.18. The van der Waals surface area contributed by atoms with E-state index in [1.807, 2.05) is 0 Å². The summed E-state index contributed by atoms with van der Waals surface area (Å²) in [7, 11) is -0.702. The number of benzene rings is 3. The third kappa shape index (κ3) is 3.37. The number of nitrogens with zero attached hydrogens (tertiary/aromatic N) is 2. The van der Waals surface area contributed by atoms with Gasteiger partial charge in [0, 0.05) is 32.2 Å². The predicted octanol–water partition coefficient (Wildman–Crippen LogP) is 3.78. The van der Waals surface area contributed by atoms with E-state index < -0.39 is 10.0 Å². The number of methoxy groups -OCH3 is 2. The van der Waals surface area contributed by atoms with Gasteiger partial charge >= 0.3 is 0 Å². The molecule has 166 valence electrons. The van der Waals surface area contributed by atoms with Crippen LogP contribution in [0.2, 0.25) is 0 Å². The Morgan fingerprint density at radius 1 is 0.781 bits per heavy atom. The normalized spacial score (nSPS) is 17.1. The minimum atomic E-state index is -3.70. The standard InChI is InChI=1S/C25H26N2O4S/c1-30-18-11-12-23(31-2)24(17-18)32(28,29)27-15-13-26(14-16-27)25-21-9-5-3-7-19(21)20-8-4-6-10-22(20)25/h3-12,17,25H,13-16H2,1-2H3. The van der Waals surface area contributed by atoms with Gasteiger partial charge in [-0.05, 0) is 34.4 Å². The number of fused-ring (bicyclic) bond motifs is 3. The molecule has 0 spiro atoms. The average molecular weight is 451 g/mol. The molecule has 0 unspecified atom stereocenters. The summed E-state index contributed by atoms with van der Waals surface area (Å²) in [6, 6.07) is 22.0.